The molecular formula is C18H25NO2. The Labute approximate surface area is 127 Å². The second-order valence-electron chi connectivity index (χ2n) is 7.07. The van der Waals surface area contributed by atoms with E-state index < -0.39 is 0 Å². The van der Waals surface area contributed by atoms with E-state index in [4.69, 9.17) is 9.47 Å². The molecule has 2 saturated heterocycles. The number of nitrogens with zero attached hydrogens (tertiary/aromatic N) is 1. The van der Waals surface area contributed by atoms with Crippen molar-refractivity contribution in [2.75, 3.05) is 33.9 Å². The lowest BCUT2D eigenvalue weighted by atomic mass is 9.53. The molecule has 2 aliphatic heterocycles. The predicted octanol–water partition coefficient (Wildman–Crippen LogP) is 2.79. The Hall–Kier alpha value is -1.06. The van der Waals surface area contributed by atoms with Crippen molar-refractivity contribution in [1.29, 1.82) is 0 Å². The second kappa shape index (κ2) is 4.72. The average molecular weight is 287 g/mol. The van der Waals surface area contributed by atoms with Crippen LogP contribution in [0.15, 0.2) is 18.2 Å². The molecule has 1 aromatic carbocycles. The molecule has 1 aromatic rings. The minimum Gasteiger partial charge on any atom is -0.497 e. The van der Waals surface area contributed by atoms with Gasteiger partial charge < -0.3 is 14.4 Å². The molecule has 0 radical (unpaired) electrons. The average Bonchev–Trinajstić information content (AvgIpc) is 2.53. The topological polar surface area (TPSA) is 21.7 Å². The number of methoxy groups -OCH3 is 1. The van der Waals surface area contributed by atoms with E-state index in [2.05, 4.69) is 37.1 Å². The van der Waals surface area contributed by atoms with E-state index in [-0.39, 0.29) is 5.41 Å². The van der Waals surface area contributed by atoms with Crippen molar-refractivity contribution in [2.45, 2.75) is 37.1 Å². The van der Waals surface area contributed by atoms with E-state index in [1.807, 2.05) is 0 Å². The summed E-state index contributed by atoms with van der Waals surface area (Å²) < 4.78 is 11.5. The summed E-state index contributed by atoms with van der Waals surface area (Å²) in [5.74, 6) is 2.30. The molecule has 0 amide bonds. The molecule has 0 N–H and O–H groups in total. The zero-order valence-electron chi connectivity index (χ0n) is 13.3. The Morgan fingerprint density at radius 3 is 3.05 bits per heavy atom. The van der Waals surface area contributed by atoms with Crippen LogP contribution in [0.4, 0.5) is 0 Å². The molecular weight excluding hydrogens is 262 g/mol. The van der Waals surface area contributed by atoms with Crippen LogP contribution in [0.1, 0.15) is 36.8 Å². The van der Waals surface area contributed by atoms with Gasteiger partial charge in [0, 0.05) is 18.1 Å². The normalized spacial score (nSPS) is 38.5. The summed E-state index contributed by atoms with van der Waals surface area (Å²) in [5.41, 5.74) is 3.23. The van der Waals surface area contributed by atoms with Gasteiger partial charge in [0.2, 0.25) is 0 Å². The van der Waals surface area contributed by atoms with Crippen LogP contribution in [-0.2, 0) is 10.2 Å². The van der Waals surface area contributed by atoms with Crippen LogP contribution in [0, 0.1) is 5.92 Å². The molecule has 0 spiro atoms. The standard InChI is InChI=1S/C18H25NO2/c1-12-14-5-4-13(20-3)10-16(14)18-7-8-19(2)17(12)15(18)6-9-21-11-18/h4-5,10,12,15,17H,6-9,11H2,1-3H3/t12-,15-,17+,18-/m0/s1. The fourth-order valence-electron chi connectivity index (χ4n) is 5.25. The molecule has 1 aliphatic carbocycles. The molecule has 21 heavy (non-hydrogen) atoms. The van der Waals surface area contributed by atoms with E-state index in [0.29, 0.717) is 12.0 Å². The molecule has 2 fully saturated rings. The zero-order valence-corrected chi connectivity index (χ0v) is 13.3. The van der Waals surface area contributed by atoms with Crippen molar-refractivity contribution in [3.63, 3.8) is 0 Å². The highest BCUT2D eigenvalue weighted by molar-refractivity contribution is 5.47. The number of rotatable bonds is 1. The third kappa shape index (κ3) is 1.74. The van der Waals surface area contributed by atoms with Crippen LogP contribution in [0.3, 0.4) is 0 Å². The Morgan fingerprint density at radius 1 is 1.38 bits per heavy atom. The molecule has 2 bridgehead atoms. The van der Waals surface area contributed by atoms with Crippen LogP contribution in [0.5, 0.6) is 5.75 Å². The Balaban J connectivity index is 1.92. The van der Waals surface area contributed by atoms with Gasteiger partial charge in [-0.1, -0.05) is 13.0 Å². The summed E-state index contributed by atoms with van der Waals surface area (Å²) in [6.07, 6.45) is 2.40. The second-order valence-corrected chi connectivity index (χ2v) is 7.07. The summed E-state index contributed by atoms with van der Waals surface area (Å²) in [5, 5.41) is 0. The minimum atomic E-state index is 0.214. The number of likely N-dealkylation sites (tertiary alicyclic amines) is 1. The molecule has 3 aliphatic rings. The molecule has 2 heterocycles. The first-order valence-corrected chi connectivity index (χ1v) is 8.14. The lowest BCUT2D eigenvalue weighted by Crippen LogP contribution is -2.63. The van der Waals surface area contributed by atoms with Crippen LogP contribution < -0.4 is 4.74 Å². The first-order valence-electron chi connectivity index (χ1n) is 8.14. The maximum atomic E-state index is 5.96. The van der Waals surface area contributed by atoms with Gasteiger partial charge in [0.15, 0.2) is 0 Å². The number of hydrogen-bond donors (Lipinski definition) is 0. The molecule has 0 saturated carbocycles. The van der Waals surface area contributed by atoms with Gasteiger partial charge >= 0.3 is 0 Å². The van der Waals surface area contributed by atoms with Crippen LogP contribution in [0.25, 0.3) is 0 Å². The Morgan fingerprint density at radius 2 is 2.24 bits per heavy atom. The Bertz CT molecular complexity index is 558. The van der Waals surface area contributed by atoms with Crippen molar-refractivity contribution in [2.24, 2.45) is 5.92 Å². The number of hydrogen-bond acceptors (Lipinski definition) is 3. The largest absolute Gasteiger partial charge is 0.497 e. The smallest absolute Gasteiger partial charge is 0.119 e. The summed E-state index contributed by atoms with van der Waals surface area (Å²) in [7, 11) is 4.06. The zero-order chi connectivity index (χ0) is 14.6. The summed E-state index contributed by atoms with van der Waals surface area (Å²) in [6.45, 7) is 5.38. The first kappa shape index (κ1) is 13.6. The van der Waals surface area contributed by atoms with Crippen molar-refractivity contribution >= 4 is 0 Å². The maximum Gasteiger partial charge on any atom is 0.119 e. The fourth-order valence-corrected chi connectivity index (χ4v) is 5.25. The van der Waals surface area contributed by atoms with Gasteiger partial charge in [-0.15, -0.1) is 0 Å². The number of likely N-dealkylation sites (N-methyl/N-ethyl adjacent to an activating group) is 1. The van der Waals surface area contributed by atoms with E-state index in [0.717, 1.165) is 24.9 Å². The Kier molecular flexibility index (Phi) is 3.05. The number of ether oxygens (including phenoxy) is 2. The van der Waals surface area contributed by atoms with Gasteiger partial charge in [-0.3, -0.25) is 0 Å². The van der Waals surface area contributed by atoms with Gasteiger partial charge in [-0.2, -0.15) is 0 Å². The van der Waals surface area contributed by atoms with E-state index in [1.165, 1.54) is 30.5 Å². The summed E-state index contributed by atoms with van der Waals surface area (Å²) in [6, 6.07) is 7.35. The summed E-state index contributed by atoms with van der Waals surface area (Å²) in [4.78, 5) is 2.59. The van der Waals surface area contributed by atoms with Gasteiger partial charge in [0.25, 0.3) is 0 Å². The third-order valence-corrected chi connectivity index (χ3v) is 6.27. The van der Waals surface area contributed by atoms with Crippen molar-refractivity contribution < 1.29 is 9.47 Å². The predicted molar refractivity (Wildman–Crippen MR) is 83.0 cm³/mol. The van der Waals surface area contributed by atoms with Crippen LogP contribution in [0.2, 0.25) is 0 Å². The van der Waals surface area contributed by atoms with E-state index in [9.17, 15) is 0 Å². The summed E-state index contributed by atoms with van der Waals surface area (Å²) >= 11 is 0. The number of fused-ring (bicyclic) bond motifs is 1. The minimum absolute atomic E-state index is 0.214. The molecule has 3 nitrogen and oxygen atoms in total. The van der Waals surface area contributed by atoms with E-state index in [1.54, 1.807) is 7.11 Å². The van der Waals surface area contributed by atoms with Gasteiger partial charge in [0.05, 0.1) is 13.7 Å². The number of benzene rings is 1. The van der Waals surface area contributed by atoms with Crippen molar-refractivity contribution in [3.8, 4) is 5.75 Å². The van der Waals surface area contributed by atoms with Crippen molar-refractivity contribution in [1.82, 2.24) is 4.90 Å². The quantitative estimate of drug-likeness (QED) is 0.793. The van der Waals surface area contributed by atoms with Gasteiger partial charge in [0.1, 0.15) is 5.75 Å². The highest BCUT2D eigenvalue weighted by atomic mass is 16.5. The number of piperidine rings is 1. The molecule has 4 atom stereocenters. The molecule has 4 rings (SSSR count). The van der Waals surface area contributed by atoms with E-state index >= 15 is 0 Å². The van der Waals surface area contributed by atoms with Crippen molar-refractivity contribution in [3.05, 3.63) is 29.3 Å². The molecule has 114 valence electrons. The van der Waals surface area contributed by atoms with Crippen LogP contribution >= 0.6 is 0 Å². The molecule has 0 unspecified atom stereocenters. The third-order valence-electron chi connectivity index (χ3n) is 6.27. The SMILES string of the molecule is COc1ccc2c(c1)[C@]13CCN(C)[C@H]([C@H]2C)[C@@H]1CCOC3. The molecule has 3 heteroatoms. The van der Waals surface area contributed by atoms with Gasteiger partial charge in [-0.25, -0.2) is 0 Å². The fraction of sp³-hybridized carbons (Fsp3) is 0.667. The monoisotopic (exact) mass is 287 g/mol. The maximum absolute atomic E-state index is 5.96. The van der Waals surface area contributed by atoms with Crippen LogP contribution in [-0.4, -0.2) is 44.9 Å². The first-order chi connectivity index (χ1) is 10.2. The highest BCUT2D eigenvalue weighted by Crippen LogP contribution is 2.56. The lowest BCUT2D eigenvalue weighted by molar-refractivity contribution is -0.0831. The van der Waals surface area contributed by atoms with Gasteiger partial charge in [-0.05, 0) is 61.5 Å². The lowest BCUT2D eigenvalue weighted by Gasteiger charge is -2.60. The highest BCUT2D eigenvalue weighted by Gasteiger charge is 2.56. The molecule has 0 aromatic heterocycles.